The molecule has 128 valence electrons. The Kier molecular flexibility index (Phi) is 5.99. The normalized spacial score (nSPS) is 16.8. The number of carbonyl (C=O) groups is 1. The maximum absolute atomic E-state index is 13.6. The average Bonchev–Trinajstić information content (AvgIpc) is 3.02. The van der Waals surface area contributed by atoms with Gasteiger partial charge in [-0.05, 0) is 45.8 Å². The maximum atomic E-state index is 13.6. The van der Waals surface area contributed by atoms with Crippen molar-refractivity contribution in [1.29, 1.82) is 0 Å². The second-order valence-corrected chi connectivity index (χ2v) is 8.00. The lowest BCUT2D eigenvalue weighted by Crippen LogP contribution is -2.43. The Balaban J connectivity index is 1.73. The number of hydrogen-bond donors (Lipinski definition) is 1. The minimum atomic E-state index is -0.265. The fourth-order valence-electron chi connectivity index (χ4n) is 2.77. The first-order valence-corrected chi connectivity index (χ1v) is 9.35. The van der Waals surface area contributed by atoms with Crippen molar-refractivity contribution in [3.05, 3.63) is 56.4 Å². The van der Waals surface area contributed by atoms with Crippen LogP contribution < -0.4 is 5.32 Å². The van der Waals surface area contributed by atoms with Crippen molar-refractivity contribution in [2.75, 3.05) is 32.8 Å². The molecule has 1 aromatic heterocycles. The Morgan fingerprint density at radius 3 is 2.79 bits per heavy atom. The maximum Gasteiger partial charge on any atom is 0.261 e. The number of nitrogens with one attached hydrogen (secondary N) is 1. The minimum absolute atomic E-state index is 0.0723. The number of hydrogen-bond acceptors (Lipinski definition) is 4. The number of rotatable bonds is 5. The summed E-state index contributed by atoms with van der Waals surface area (Å²) in [6.07, 6.45) is 0. The van der Waals surface area contributed by atoms with E-state index in [0.717, 1.165) is 22.4 Å². The molecule has 1 aromatic carbocycles. The van der Waals surface area contributed by atoms with Gasteiger partial charge in [-0.3, -0.25) is 9.69 Å². The van der Waals surface area contributed by atoms with Gasteiger partial charge < -0.3 is 10.1 Å². The lowest BCUT2D eigenvalue weighted by molar-refractivity contribution is 0.0162. The molecule has 1 amide bonds. The summed E-state index contributed by atoms with van der Waals surface area (Å²) in [6.45, 7) is 3.26. The van der Waals surface area contributed by atoms with Gasteiger partial charge >= 0.3 is 0 Å². The van der Waals surface area contributed by atoms with Crippen molar-refractivity contribution in [2.24, 2.45) is 0 Å². The summed E-state index contributed by atoms with van der Waals surface area (Å²) in [5.74, 6) is -0.375. The second kappa shape index (κ2) is 8.20. The Morgan fingerprint density at radius 1 is 1.33 bits per heavy atom. The zero-order chi connectivity index (χ0) is 16.9. The lowest BCUT2D eigenvalue weighted by Gasteiger charge is -2.34. The number of halogens is 2. The van der Waals surface area contributed by atoms with Crippen LogP contribution in [0.4, 0.5) is 4.39 Å². The van der Waals surface area contributed by atoms with Gasteiger partial charge in [0.25, 0.3) is 5.91 Å². The number of nitrogens with zero attached hydrogens (tertiary/aromatic N) is 1. The third-order valence-electron chi connectivity index (χ3n) is 3.97. The molecule has 0 bridgehead atoms. The van der Waals surface area contributed by atoms with Gasteiger partial charge in [0.2, 0.25) is 0 Å². The topological polar surface area (TPSA) is 41.6 Å². The molecule has 24 heavy (non-hydrogen) atoms. The molecule has 1 unspecified atom stereocenters. The Bertz CT molecular complexity index is 703. The second-order valence-electron chi connectivity index (χ2n) is 5.53. The van der Waals surface area contributed by atoms with Gasteiger partial charge in [-0.15, -0.1) is 11.3 Å². The van der Waals surface area contributed by atoms with Crippen molar-refractivity contribution in [3.63, 3.8) is 0 Å². The fraction of sp³-hybridized carbons (Fsp3) is 0.353. The fourth-order valence-corrected chi connectivity index (χ4v) is 4.08. The molecule has 0 radical (unpaired) electrons. The van der Waals surface area contributed by atoms with E-state index in [0.29, 0.717) is 24.6 Å². The summed E-state index contributed by atoms with van der Waals surface area (Å²) in [4.78, 5) is 15.2. The van der Waals surface area contributed by atoms with E-state index in [1.165, 1.54) is 23.5 Å². The number of thiophene rings is 1. The lowest BCUT2D eigenvalue weighted by atomic mass is 10.0. The van der Waals surface area contributed by atoms with E-state index in [-0.39, 0.29) is 17.8 Å². The quantitative estimate of drug-likeness (QED) is 0.817. The molecule has 1 fully saturated rings. The van der Waals surface area contributed by atoms with Crippen molar-refractivity contribution in [1.82, 2.24) is 10.2 Å². The largest absolute Gasteiger partial charge is 0.379 e. The third-order valence-corrected chi connectivity index (χ3v) is 5.60. The minimum Gasteiger partial charge on any atom is -0.379 e. The van der Waals surface area contributed by atoms with Crippen LogP contribution in [0.3, 0.4) is 0 Å². The zero-order valence-electron chi connectivity index (χ0n) is 13.0. The highest BCUT2D eigenvalue weighted by molar-refractivity contribution is 9.11. The molecule has 2 aromatic rings. The van der Waals surface area contributed by atoms with Crippen molar-refractivity contribution >= 4 is 33.2 Å². The van der Waals surface area contributed by atoms with Crippen LogP contribution in [0.1, 0.15) is 21.3 Å². The molecule has 7 heteroatoms. The van der Waals surface area contributed by atoms with Gasteiger partial charge in [-0.2, -0.15) is 0 Å². The average molecular weight is 413 g/mol. The monoisotopic (exact) mass is 412 g/mol. The molecule has 1 atom stereocenters. The van der Waals surface area contributed by atoms with Crippen LogP contribution in [0.2, 0.25) is 0 Å². The van der Waals surface area contributed by atoms with Gasteiger partial charge in [0.1, 0.15) is 5.82 Å². The summed E-state index contributed by atoms with van der Waals surface area (Å²) in [6, 6.07) is 10.1. The van der Waals surface area contributed by atoms with E-state index >= 15 is 0 Å². The molecular formula is C17H18BrFN2O2S. The highest BCUT2D eigenvalue weighted by Crippen LogP contribution is 2.24. The highest BCUT2D eigenvalue weighted by atomic mass is 79.9. The van der Waals surface area contributed by atoms with Crippen LogP contribution in [0.25, 0.3) is 0 Å². The third kappa shape index (κ3) is 4.42. The van der Waals surface area contributed by atoms with E-state index in [9.17, 15) is 9.18 Å². The van der Waals surface area contributed by atoms with E-state index in [1.807, 2.05) is 12.1 Å². The summed E-state index contributed by atoms with van der Waals surface area (Å²) in [7, 11) is 0. The van der Waals surface area contributed by atoms with E-state index in [2.05, 4.69) is 26.1 Å². The predicted octanol–water partition coefficient (Wildman–Crippen LogP) is 3.45. The number of amides is 1. The number of morpholine rings is 1. The van der Waals surface area contributed by atoms with Crippen molar-refractivity contribution in [2.45, 2.75) is 6.04 Å². The van der Waals surface area contributed by atoms with Crippen LogP contribution in [0.5, 0.6) is 0 Å². The molecule has 3 rings (SSSR count). The van der Waals surface area contributed by atoms with Crippen LogP contribution in [-0.4, -0.2) is 43.7 Å². The zero-order valence-corrected chi connectivity index (χ0v) is 15.4. The molecule has 0 saturated carbocycles. The number of carbonyl (C=O) groups excluding carboxylic acids is 1. The Labute approximate surface area is 152 Å². The smallest absolute Gasteiger partial charge is 0.261 e. The standard InChI is InChI=1S/C17H18BrFN2O2S/c18-16-5-4-15(24-16)17(22)20-11-14(21-6-8-23-9-7-21)12-2-1-3-13(19)10-12/h1-5,10,14H,6-9,11H2,(H,20,22). The van der Waals surface area contributed by atoms with E-state index in [1.54, 1.807) is 12.1 Å². The van der Waals surface area contributed by atoms with Gasteiger partial charge in [-0.25, -0.2) is 4.39 Å². The molecular weight excluding hydrogens is 395 g/mol. The van der Waals surface area contributed by atoms with Gasteiger partial charge in [-0.1, -0.05) is 12.1 Å². The molecule has 1 saturated heterocycles. The summed E-state index contributed by atoms with van der Waals surface area (Å²) in [5.41, 5.74) is 0.865. The van der Waals surface area contributed by atoms with Crippen molar-refractivity contribution < 1.29 is 13.9 Å². The molecule has 4 nitrogen and oxygen atoms in total. The molecule has 1 aliphatic rings. The van der Waals surface area contributed by atoms with Crippen LogP contribution >= 0.6 is 27.3 Å². The number of benzene rings is 1. The molecule has 2 heterocycles. The van der Waals surface area contributed by atoms with E-state index in [4.69, 9.17) is 4.74 Å². The first kappa shape index (κ1) is 17.5. The van der Waals surface area contributed by atoms with Crippen molar-refractivity contribution in [3.8, 4) is 0 Å². The molecule has 1 N–H and O–H groups in total. The Hall–Kier alpha value is -1.28. The van der Waals surface area contributed by atoms with Crippen LogP contribution in [-0.2, 0) is 4.74 Å². The van der Waals surface area contributed by atoms with Gasteiger partial charge in [0, 0.05) is 19.6 Å². The first-order valence-electron chi connectivity index (χ1n) is 7.74. The van der Waals surface area contributed by atoms with E-state index < -0.39 is 0 Å². The first-order chi connectivity index (χ1) is 11.6. The summed E-state index contributed by atoms with van der Waals surface area (Å²) >= 11 is 4.75. The SMILES string of the molecule is O=C(NCC(c1cccc(F)c1)N1CCOCC1)c1ccc(Br)s1. The predicted molar refractivity (Wildman–Crippen MR) is 95.9 cm³/mol. The van der Waals surface area contributed by atoms with Crippen LogP contribution in [0, 0.1) is 5.82 Å². The Morgan fingerprint density at radius 2 is 2.12 bits per heavy atom. The number of ether oxygens (including phenoxy) is 1. The van der Waals surface area contributed by atoms with Crippen LogP contribution in [0.15, 0.2) is 40.2 Å². The highest BCUT2D eigenvalue weighted by Gasteiger charge is 2.24. The van der Waals surface area contributed by atoms with Gasteiger partial charge in [0.05, 0.1) is 27.9 Å². The summed E-state index contributed by atoms with van der Waals surface area (Å²) < 4.78 is 19.9. The molecule has 0 aliphatic carbocycles. The molecule has 1 aliphatic heterocycles. The summed E-state index contributed by atoms with van der Waals surface area (Å²) in [5, 5.41) is 2.97. The van der Waals surface area contributed by atoms with Gasteiger partial charge in [0.15, 0.2) is 0 Å². The molecule has 0 spiro atoms.